The first kappa shape index (κ1) is 15.3. The number of aromatic nitrogens is 1. The average molecular weight is 325 g/mol. The van der Waals surface area contributed by atoms with E-state index >= 15 is 0 Å². The molecule has 3 atom stereocenters. The molecule has 1 aromatic carbocycles. The van der Waals surface area contributed by atoms with Gasteiger partial charge < -0.3 is 4.74 Å². The Kier molecular flexibility index (Phi) is 4.05. The number of fused-ring (bicyclic) bond motifs is 1. The van der Waals surface area contributed by atoms with Crippen molar-refractivity contribution in [2.24, 2.45) is 17.8 Å². The molecule has 1 aromatic heterocycles. The highest BCUT2D eigenvalue weighted by Gasteiger charge is 2.56. The average Bonchev–Trinajstić information content (AvgIpc) is 3.36. The molecule has 0 bridgehead atoms. The molecule has 0 radical (unpaired) electrons. The van der Waals surface area contributed by atoms with Crippen LogP contribution < -0.4 is 0 Å². The summed E-state index contributed by atoms with van der Waals surface area (Å²) in [5.41, 5.74) is 1.63. The molecule has 2 aliphatic rings. The number of hydrogen-bond acceptors (Lipinski definition) is 3. The zero-order valence-corrected chi connectivity index (χ0v) is 13.4. The number of carbonyl (C=O) groups is 1. The van der Waals surface area contributed by atoms with E-state index < -0.39 is 6.10 Å². The molecule has 2 aliphatic carbocycles. The maximum atomic E-state index is 13.2. The lowest BCUT2D eigenvalue weighted by Crippen LogP contribution is -2.15. The van der Waals surface area contributed by atoms with Crippen molar-refractivity contribution in [3.05, 3.63) is 65.7 Å². The fourth-order valence-electron chi connectivity index (χ4n) is 4.04. The van der Waals surface area contributed by atoms with E-state index in [4.69, 9.17) is 4.74 Å². The summed E-state index contributed by atoms with van der Waals surface area (Å²) in [6.45, 7) is 0. The lowest BCUT2D eigenvalue weighted by atomic mass is 10.0. The van der Waals surface area contributed by atoms with Crippen LogP contribution in [0.4, 0.5) is 4.39 Å². The summed E-state index contributed by atoms with van der Waals surface area (Å²) in [6.07, 6.45) is 7.56. The Morgan fingerprint density at radius 2 is 1.58 bits per heavy atom. The minimum Gasteiger partial charge on any atom is -0.452 e. The van der Waals surface area contributed by atoms with Gasteiger partial charge in [0, 0.05) is 18.0 Å². The summed E-state index contributed by atoms with van der Waals surface area (Å²) in [4.78, 5) is 16.7. The standard InChI is InChI=1S/C20H20FNO2/c21-15-7-5-13(6-8-15)19(14-9-11-22-12-10-14)24-20(23)18-16-3-1-2-4-17(16)18/h5-12,16-19H,1-4H2/t16-,17-,19-/m0/s1. The molecular formula is C20H20FNO2. The first-order valence-electron chi connectivity index (χ1n) is 8.60. The van der Waals surface area contributed by atoms with E-state index in [2.05, 4.69) is 4.98 Å². The number of ether oxygens (including phenoxy) is 1. The van der Waals surface area contributed by atoms with Gasteiger partial charge >= 0.3 is 5.97 Å². The molecular weight excluding hydrogens is 305 g/mol. The van der Waals surface area contributed by atoms with Gasteiger partial charge in [0.05, 0.1) is 5.92 Å². The monoisotopic (exact) mass is 325 g/mol. The normalized spacial score (nSPS) is 26.3. The second kappa shape index (κ2) is 6.34. The molecule has 124 valence electrons. The lowest BCUT2D eigenvalue weighted by Gasteiger charge is -2.19. The molecule has 0 unspecified atom stereocenters. The Morgan fingerprint density at radius 1 is 1.00 bits per heavy atom. The van der Waals surface area contributed by atoms with E-state index in [0.29, 0.717) is 11.8 Å². The summed E-state index contributed by atoms with van der Waals surface area (Å²) in [6, 6.07) is 9.81. The van der Waals surface area contributed by atoms with Crippen LogP contribution in [0, 0.1) is 23.6 Å². The van der Waals surface area contributed by atoms with Crippen LogP contribution in [0.25, 0.3) is 0 Å². The SMILES string of the molecule is O=C(O[C@H](c1ccncc1)c1ccc(F)cc1)C1[C@H]2CCCC[C@H]12. The van der Waals surface area contributed by atoms with Crippen molar-refractivity contribution in [2.45, 2.75) is 31.8 Å². The number of hydrogen-bond donors (Lipinski definition) is 0. The van der Waals surface area contributed by atoms with Crippen LogP contribution >= 0.6 is 0 Å². The lowest BCUT2D eigenvalue weighted by molar-refractivity contribution is -0.149. The molecule has 2 fully saturated rings. The fraction of sp³-hybridized carbons (Fsp3) is 0.400. The minimum atomic E-state index is -0.510. The van der Waals surface area contributed by atoms with Gasteiger partial charge in [-0.2, -0.15) is 0 Å². The van der Waals surface area contributed by atoms with Gasteiger partial charge in [-0.15, -0.1) is 0 Å². The number of rotatable bonds is 4. The van der Waals surface area contributed by atoms with Crippen LogP contribution in [-0.4, -0.2) is 11.0 Å². The number of nitrogens with zero attached hydrogens (tertiary/aromatic N) is 1. The zero-order chi connectivity index (χ0) is 16.5. The molecule has 0 saturated heterocycles. The summed E-state index contributed by atoms with van der Waals surface area (Å²) < 4.78 is 19.1. The molecule has 1 heterocycles. The van der Waals surface area contributed by atoms with E-state index in [0.717, 1.165) is 24.0 Å². The van der Waals surface area contributed by atoms with Gasteiger partial charge in [-0.05, 0) is 54.5 Å². The topological polar surface area (TPSA) is 39.2 Å². The summed E-state index contributed by atoms with van der Waals surface area (Å²) in [5, 5.41) is 0. The molecule has 4 rings (SSSR count). The molecule has 2 aromatic rings. The second-order valence-corrected chi connectivity index (χ2v) is 6.79. The summed E-state index contributed by atoms with van der Waals surface area (Å²) in [5.74, 6) is 0.664. The largest absolute Gasteiger partial charge is 0.452 e. The van der Waals surface area contributed by atoms with E-state index in [9.17, 15) is 9.18 Å². The van der Waals surface area contributed by atoms with Crippen molar-refractivity contribution < 1.29 is 13.9 Å². The van der Waals surface area contributed by atoms with Gasteiger partial charge in [-0.1, -0.05) is 25.0 Å². The molecule has 4 heteroatoms. The van der Waals surface area contributed by atoms with Gasteiger partial charge in [-0.25, -0.2) is 4.39 Å². The Balaban J connectivity index is 1.56. The van der Waals surface area contributed by atoms with E-state index in [1.165, 1.54) is 25.0 Å². The van der Waals surface area contributed by atoms with Crippen LogP contribution in [0.2, 0.25) is 0 Å². The first-order valence-corrected chi connectivity index (χ1v) is 8.60. The summed E-state index contributed by atoms with van der Waals surface area (Å²) >= 11 is 0. The number of pyridine rings is 1. The van der Waals surface area contributed by atoms with Gasteiger partial charge in [0.2, 0.25) is 0 Å². The van der Waals surface area contributed by atoms with Crippen LogP contribution in [0.3, 0.4) is 0 Å². The highest BCUT2D eigenvalue weighted by molar-refractivity contribution is 5.77. The first-order chi connectivity index (χ1) is 11.7. The molecule has 3 nitrogen and oxygen atoms in total. The van der Waals surface area contributed by atoms with Crippen LogP contribution in [0.5, 0.6) is 0 Å². The highest BCUT2D eigenvalue weighted by Crippen LogP contribution is 2.56. The third-order valence-corrected chi connectivity index (χ3v) is 5.34. The van der Waals surface area contributed by atoms with Gasteiger partial charge in [0.25, 0.3) is 0 Å². The summed E-state index contributed by atoms with van der Waals surface area (Å²) in [7, 11) is 0. The number of carbonyl (C=O) groups excluding carboxylic acids is 1. The number of esters is 1. The van der Waals surface area contributed by atoms with E-state index in [-0.39, 0.29) is 17.7 Å². The molecule has 0 N–H and O–H groups in total. The maximum Gasteiger partial charge on any atom is 0.310 e. The predicted molar refractivity (Wildman–Crippen MR) is 87.5 cm³/mol. The Bertz CT molecular complexity index is 704. The van der Waals surface area contributed by atoms with Crippen molar-refractivity contribution in [1.29, 1.82) is 0 Å². The zero-order valence-electron chi connectivity index (χ0n) is 13.4. The third kappa shape index (κ3) is 2.93. The number of benzene rings is 1. The number of halogens is 1. The molecule has 0 aliphatic heterocycles. The van der Waals surface area contributed by atoms with Crippen LogP contribution in [-0.2, 0) is 9.53 Å². The van der Waals surface area contributed by atoms with Gasteiger partial charge in [-0.3, -0.25) is 9.78 Å². The maximum absolute atomic E-state index is 13.2. The third-order valence-electron chi connectivity index (χ3n) is 5.34. The smallest absolute Gasteiger partial charge is 0.310 e. The Morgan fingerprint density at radius 3 is 2.21 bits per heavy atom. The fourth-order valence-corrected chi connectivity index (χ4v) is 4.04. The van der Waals surface area contributed by atoms with Crippen molar-refractivity contribution in [2.75, 3.05) is 0 Å². The van der Waals surface area contributed by atoms with Crippen molar-refractivity contribution >= 4 is 5.97 Å². The van der Waals surface area contributed by atoms with Crippen LogP contribution in [0.1, 0.15) is 42.9 Å². The Labute approximate surface area is 140 Å². The van der Waals surface area contributed by atoms with Gasteiger partial charge in [0.1, 0.15) is 5.82 Å². The van der Waals surface area contributed by atoms with Crippen LogP contribution in [0.15, 0.2) is 48.8 Å². The van der Waals surface area contributed by atoms with Gasteiger partial charge in [0.15, 0.2) is 6.10 Å². The van der Waals surface area contributed by atoms with Crippen molar-refractivity contribution in [3.63, 3.8) is 0 Å². The predicted octanol–water partition coefficient (Wildman–Crippen LogP) is 4.29. The molecule has 24 heavy (non-hydrogen) atoms. The highest BCUT2D eigenvalue weighted by atomic mass is 19.1. The molecule has 2 saturated carbocycles. The second-order valence-electron chi connectivity index (χ2n) is 6.79. The van der Waals surface area contributed by atoms with Crippen molar-refractivity contribution in [3.8, 4) is 0 Å². The van der Waals surface area contributed by atoms with E-state index in [1.54, 1.807) is 24.5 Å². The molecule has 0 spiro atoms. The van der Waals surface area contributed by atoms with Crippen molar-refractivity contribution in [1.82, 2.24) is 4.98 Å². The molecule has 0 amide bonds. The van der Waals surface area contributed by atoms with E-state index in [1.807, 2.05) is 12.1 Å². The quantitative estimate of drug-likeness (QED) is 0.787. The Hall–Kier alpha value is -2.23. The minimum absolute atomic E-state index is 0.0530.